The van der Waals surface area contributed by atoms with Crippen LogP contribution in [0.25, 0.3) is 0 Å². The number of hydrogen-bond acceptors (Lipinski definition) is 5. The third-order valence-corrected chi connectivity index (χ3v) is 2.12. The summed E-state index contributed by atoms with van der Waals surface area (Å²) in [7, 11) is 0. The summed E-state index contributed by atoms with van der Waals surface area (Å²) in [4.78, 5) is 15.1. The van der Waals surface area contributed by atoms with Crippen LogP contribution >= 0.6 is 0 Å². The standard InChI is InChI=1S/C11H18N4O2/c1-3-6-17-11-8(12)4-5-9(15-11)14-7(2)10(13)16/h4-5,7H,3,6,12H2,1-2H3,(H2,13,16)(H,14,15). The molecule has 0 aliphatic carbocycles. The topological polar surface area (TPSA) is 103 Å². The average Bonchev–Trinajstić information content (AvgIpc) is 2.29. The van der Waals surface area contributed by atoms with E-state index in [9.17, 15) is 4.79 Å². The molecule has 17 heavy (non-hydrogen) atoms. The lowest BCUT2D eigenvalue weighted by atomic mass is 10.3. The number of carbonyl (C=O) groups is 1. The number of amides is 1. The molecule has 0 radical (unpaired) electrons. The third kappa shape index (κ3) is 3.82. The van der Waals surface area contributed by atoms with Crippen LogP contribution in [0.15, 0.2) is 12.1 Å². The van der Waals surface area contributed by atoms with E-state index in [0.29, 0.717) is 24.0 Å². The van der Waals surface area contributed by atoms with Gasteiger partial charge in [-0.25, -0.2) is 0 Å². The van der Waals surface area contributed by atoms with Crippen LogP contribution in [0, 0.1) is 0 Å². The van der Waals surface area contributed by atoms with E-state index in [1.807, 2.05) is 6.92 Å². The second kappa shape index (κ2) is 5.93. The van der Waals surface area contributed by atoms with Gasteiger partial charge in [0.15, 0.2) is 0 Å². The van der Waals surface area contributed by atoms with Crippen LogP contribution < -0.4 is 21.5 Å². The van der Waals surface area contributed by atoms with Gasteiger partial charge in [0.1, 0.15) is 11.9 Å². The highest BCUT2D eigenvalue weighted by Crippen LogP contribution is 2.21. The van der Waals surface area contributed by atoms with Crippen molar-refractivity contribution < 1.29 is 9.53 Å². The highest BCUT2D eigenvalue weighted by Gasteiger charge is 2.10. The van der Waals surface area contributed by atoms with Gasteiger partial charge in [-0.3, -0.25) is 4.79 Å². The van der Waals surface area contributed by atoms with E-state index in [4.69, 9.17) is 16.2 Å². The zero-order chi connectivity index (χ0) is 12.8. The number of nitrogens with zero attached hydrogens (tertiary/aromatic N) is 1. The first kappa shape index (κ1) is 13.1. The number of rotatable bonds is 6. The number of carbonyl (C=O) groups excluding carboxylic acids is 1. The van der Waals surface area contributed by atoms with Crippen LogP contribution in [0.2, 0.25) is 0 Å². The minimum atomic E-state index is -0.495. The fraction of sp³-hybridized carbons (Fsp3) is 0.455. The summed E-state index contributed by atoms with van der Waals surface area (Å²) < 4.78 is 5.38. The average molecular weight is 238 g/mol. The summed E-state index contributed by atoms with van der Waals surface area (Å²) in [6, 6.07) is 2.85. The molecule has 0 saturated heterocycles. The van der Waals surface area contributed by atoms with Gasteiger partial charge >= 0.3 is 0 Å². The smallest absolute Gasteiger partial charge is 0.239 e. The summed E-state index contributed by atoms with van der Waals surface area (Å²) in [6.45, 7) is 4.20. The summed E-state index contributed by atoms with van der Waals surface area (Å²) in [6.07, 6.45) is 0.871. The molecule has 94 valence electrons. The Labute approximate surface area is 100 Å². The highest BCUT2D eigenvalue weighted by atomic mass is 16.5. The van der Waals surface area contributed by atoms with Gasteiger partial charge in [-0.2, -0.15) is 4.98 Å². The molecule has 0 bridgehead atoms. The number of primary amides is 1. The largest absolute Gasteiger partial charge is 0.476 e. The predicted octanol–water partition coefficient (Wildman–Crippen LogP) is 0.738. The van der Waals surface area contributed by atoms with Crippen molar-refractivity contribution in [3.63, 3.8) is 0 Å². The fourth-order valence-electron chi connectivity index (χ4n) is 1.14. The zero-order valence-corrected chi connectivity index (χ0v) is 10.1. The van der Waals surface area contributed by atoms with E-state index in [1.54, 1.807) is 19.1 Å². The van der Waals surface area contributed by atoms with Crippen molar-refractivity contribution >= 4 is 17.4 Å². The van der Waals surface area contributed by atoms with Gasteiger partial charge in [-0.05, 0) is 25.5 Å². The van der Waals surface area contributed by atoms with E-state index in [2.05, 4.69) is 10.3 Å². The minimum Gasteiger partial charge on any atom is -0.476 e. The molecule has 1 heterocycles. The van der Waals surface area contributed by atoms with Crippen LogP contribution in [0.5, 0.6) is 5.88 Å². The molecule has 6 heteroatoms. The fourth-order valence-corrected chi connectivity index (χ4v) is 1.14. The Hall–Kier alpha value is -1.98. The number of nitrogens with two attached hydrogens (primary N) is 2. The molecule has 1 aromatic rings. The lowest BCUT2D eigenvalue weighted by Crippen LogP contribution is -2.32. The Bertz CT molecular complexity index is 395. The zero-order valence-electron chi connectivity index (χ0n) is 10.1. The summed E-state index contributed by atoms with van der Waals surface area (Å²) in [5.41, 5.74) is 11.3. The highest BCUT2D eigenvalue weighted by molar-refractivity contribution is 5.82. The van der Waals surface area contributed by atoms with Crippen molar-refractivity contribution in [2.75, 3.05) is 17.7 Å². The molecule has 1 unspecified atom stereocenters. The lowest BCUT2D eigenvalue weighted by Gasteiger charge is -2.13. The third-order valence-electron chi connectivity index (χ3n) is 2.12. The van der Waals surface area contributed by atoms with Crippen molar-refractivity contribution in [2.24, 2.45) is 5.73 Å². The van der Waals surface area contributed by atoms with Gasteiger partial charge in [0, 0.05) is 0 Å². The van der Waals surface area contributed by atoms with Crippen molar-refractivity contribution in [1.29, 1.82) is 0 Å². The molecule has 0 aromatic carbocycles. The van der Waals surface area contributed by atoms with Crippen LogP contribution in [0.3, 0.4) is 0 Å². The van der Waals surface area contributed by atoms with Gasteiger partial charge in [0.25, 0.3) is 0 Å². The molecule has 1 atom stereocenters. The van der Waals surface area contributed by atoms with Crippen LogP contribution in [0.4, 0.5) is 11.5 Å². The second-order valence-corrected chi connectivity index (χ2v) is 3.71. The van der Waals surface area contributed by atoms with Crippen LogP contribution in [-0.4, -0.2) is 23.5 Å². The first-order chi connectivity index (χ1) is 8.04. The van der Waals surface area contributed by atoms with Crippen LogP contribution in [0.1, 0.15) is 20.3 Å². The minimum absolute atomic E-state index is 0.369. The van der Waals surface area contributed by atoms with E-state index in [0.717, 1.165) is 6.42 Å². The molecule has 1 rings (SSSR count). The predicted molar refractivity (Wildman–Crippen MR) is 66.7 cm³/mol. The van der Waals surface area contributed by atoms with Gasteiger partial charge in [0.05, 0.1) is 12.3 Å². The molecular weight excluding hydrogens is 220 g/mol. The number of pyridine rings is 1. The first-order valence-corrected chi connectivity index (χ1v) is 5.49. The number of aromatic nitrogens is 1. The quantitative estimate of drug-likeness (QED) is 0.678. The van der Waals surface area contributed by atoms with Crippen molar-refractivity contribution in [2.45, 2.75) is 26.3 Å². The monoisotopic (exact) mass is 238 g/mol. The number of anilines is 2. The molecule has 0 aliphatic rings. The summed E-state index contributed by atoms with van der Waals surface area (Å²) in [5, 5.41) is 2.86. The number of hydrogen-bond donors (Lipinski definition) is 3. The number of ether oxygens (including phenoxy) is 1. The maximum absolute atomic E-state index is 10.9. The van der Waals surface area contributed by atoms with Crippen molar-refractivity contribution in [1.82, 2.24) is 4.98 Å². The first-order valence-electron chi connectivity index (χ1n) is 5.49. The molecular formula is C11H18N4O2. The summed E-state index contributed by atoms with van der Waals surface area (Å²) >= 11 is 0. The van der Waals surface area contributed by atoms with Gasteiger partial charge in [-0.15, -0.1) is 0 Å². The van der Waals surface area contributed by atoms with E-state index >= 15 is 0 Å². The molecule has 0 saturated carbocycles. The molecule has 0 aliphatic heterocycles. The van der Waals surface area contributed by atoms with Gasteiger partial charge < -0.3 is 21.5 Å². The number of nitrogens with one attached hydrogen (secondary N) is 1. The Kier molecular flexibility index (Phi) is 4.56. The lowest BCUT2D eigenvalue weighted by molar-refractivity contribution is -0.118. The SMILES string of the molecule is CCCOc1nc(NC(C)C(N)=O)ccc1N. The van der Waals surface area contributed by atoms with Crippen molar-refractivity contribution in [3.8, 4) is 5.88 Å². The molecule has 6 nitrogen and oxygen atoms in total. The van der Waals surface area contributed by atoms with Crippen LogP contribution in [-0.2, 0) is 4.79 Å². The Morgan fingerprint density at radius 1 is 1.59 bits per heavy atom. The Balaban J connectivity index is 2.77. The maximum Gasteiger partial charge on any atom is 0.239 e. The van der Waals surface area contributed by atoms with Gasteiger partial charge in [0.2, 0.25) is 11.8 Å². The van der Waals surface area contributed by atoms with Gasteiger partial charge in [-0.1, -0.05) is 6.92 Å². The molecule has 1 aromatic heterocycles. The Morgan fingerprint density at radius 3 is 2.88 bits per heavy atom. The van der Waals surface area contributed by atoms with E-state index in [-0.39, 0.29) is 0 Å². The molecule has 1 amide bonds. The van der Waals surface area contributed by atoms with Crippen molar-refractivity contribution in [3.05, 3.63) is 12.1 Å². The second-order valence-electron chi connectivity index (χ2n) is 3.71. The molecule has 0 fully saturated rings. The van der Waals surface area contributed by atoms with E-state index < -0.39 is 11.9 Å². The number of nitrogen functional groups attached to an aromatic ring is 1. The maximum atomic E-state index is 10.9. The summed E-state index contributed by atoms with van der Waals surface area (Å²) in [5.74, 6) is 0.435. The molecule has 0 spiro atoms. The Morgan fingerprint density at radius 2 is 2.29 bits per heavy atom. The molecule has 5 N–H and O–H groups in total. The van der Waals surface area contributed by atoms with E-state index in [1.165, 1.54) is 0 Å². The normalized spacial score (nSPS) is 11.9.